The molecule has 7 nitrogen and oxygen atoms in total. The molecule has 0 atom stereocenters. The molecule has 1 rings (SSSR count). The van der Waals surface area contributed by atoms with Crippen LogP contribution in [0.2, 0.25) is 0 Å². The third-order valence-corrected chi connectivity index (χ3v) is 3.95. The lowest BCUT2D eigenvalue weighted by molar-refractivity contribution is -0.131. The van der Waals surface area contributed by atoms with Crippen LogP contribution in [-0.4, -0.2) is 54.6 Å². The van der Waals surface area contributed by atoms with Crippen molar-refractivity contribution >= 4 is 17.9 Å². The molecule has 0 bridgehead atoms. The van der Waals surface area contributed by atoms with Crippen molar-refractivity contribution < 1.29 is 19.1 Å². The van der Waals surface area contributed by atoms with Gasteiger partial charge >= 0.3 is 6.09 Å². The first-order valence-corrected chi connectivity index (χ1v) is 9.27. The SMILES string of the molecule is CC(C)/C=C/C(=O)NCC1CCN(C(=O)CNC(=O)OC(C)(C)C)CC1. The molecule has 1 saturated heterocycles. The van der Waals surface area contributed by atoms with Crippen LogP contribution in [0.1, 0.15) is 47.5 Å². The Kier molecular flexibility index (Phi) is 8.61. The van der Waals surface area contributed by atoms with Crippen molar-refractivity contribution in [1.29, 1.82) is 0 Å². The molecule has 0 aromatic rings. The highest BCUT2D eigenvalue weighted by molar-refractivity contribution is 5.87. The highest BCUT2D eigenvalue weighted by atomic mass is 16.6. The summed E-state index contributed by atoms with van der Waals surface area (Å²) in [4.78, 5) is 37.2. The number of ether oxygens (including phenoxy) is 1. The molecule has 0 aromatic heterocycles. The molecule has 0 aromatic carbocycles. The third kappa shape index (κ3) is 9.44. The monoisotopic (exact) mass is 367 g/mol. The van der Waals surface area contributed by atoms with Gasteiger partial charge in [0.1, 0.15) is 12.1 Å². The van der Waals surface area contributed by atoms with Crippen LogP contribution in [0.15, 0.2) is 12.2 Å². The number of nitrogens with one attached hydrogen (secondary N) is 2. The van der Waals surface area contributed by atoms with Gasteiger partial charge in [-0.05, 0) is 51.5 Å². The maximum absolute atomic E-state index is 12.2. The maximum atomic E-state index is 12.2. The summed E-state index contributed by atoms with van der Waals surface area (Å²) in [6, 6.07) is 0. The Morgan fingerprint density at radius 2 is 1.77 bits per heavy atom. The van der Waals surface area contributed by atoms with Gasteiger partial charge < -0.3 is 20.3 Å². The highest BCUT2D eigenvalue weighted by Gasteiger charge is 2.24. The number of nitrogens with zero attached hydrogens (tertiary/aromatic N) is 1. The molecule has 0 saturated carbocycles. The smallest absolute Gasteiger partial charge is 0.408 e. The van der Waals surface area contributed by atoms with E-state index >= 15 is 0 Å². The van der Waals surface area contributed by atoms with Crippen LogP contribution >= 0.6 is 0 Å². The standard InChI is InChI=1S/C19H33N3O4/c1-14(2)6-7-16(23)20-12-15-8-10-22(11-9-15)17(24)13-21-18(25)26-19(3,4)5/h6-7,14-15H,8-13H2,1-5H3,(H,20,23)(H,21,25)/b7-6+. The lowest BCUT2D eigenvalue weighted by atomic mass is 9.96. The van der Waals surface area contributed by atoms with Crippen LogP contribution in [0.5, 0.6) is 0 Å². The Morgan fingerprint density at radius 1 is 1.15 bits per heavy atom. The third-order valence-electron chi connectivity index (χ3n) is 3.95. The Labute approximate surface area is 156 Å². The summed E-state index contributed by atoms with van der Waals surface area (Å²) in [6.07, 6.45) is 4.54. The molecule has 2 N–H and O–H groups in total. The average molecular weight is 367 g/mol. The molecule has 1 aliphatic rings. The summed E-state index contributed by atoms with van der Waals surface area (Å²) in [5.74, 6) is 0.538. The number of allylic oxidation sites excluding steroid dienone is 1. The van der Waals surface area contributed by atoms with Gasteiger partial charge in [-0.15, -0.1) is 0 Å². The Morgan fingerprint density at radius 3 is 2.31 bits per heavy atom. The van der Waals surface area contributed by atoms with Gasteiger partial charge in [0, 0.05) is 19.6 Å². The summed E-state index contributed by atoms with van der Waals surface area (Å²) in [6.45, 7) is 11.2. The minimum Gasteiger partial charge on any atom is -0.444 e. The van der Waals surface area contributed by atoms with Crippen LogP contribution in [0.25, 0.3) is 0 Å². The summed E-state index contributed by atoms with van der Waals surface area (Å²) < 4.78 is 5.11. The zero-order valence-corrected chi connectivity index (χ0v) is 16.6. The first-order valence-electron chi connectivity index (χ1n) is 9.27. The number of likely N-dealkylation sites (tertiary alicyclic amines) is 1. The number of rotatable bonds is 6. The maximum Gasteiger partial charge on any atom is 0.408 e. The zero-order valence-electron chi connectivity index (χ0n) is 16.6. The van der Waals surface area contributed by atoms with Crippen molar-refractivity contribution in [3.8, 4) is 0 Å². The Hall–Kier alpha value is -2.05. The fraction of sp³-hybridized carbons (Fsp3) is 0.737. The first-order chi connectivity index (χ1) is 12.1. The molecule has 1 heterocycles. The van der Waals surface area contributed by atoms with Crippen molar-refractivity contribution in [2.24, 2.45) is 11.8 Å². The van der Waals surface area contributed by atoms with Crippen molar-refractivity contribution in [3.63, 3.8) is 0 Å². The molecule has 0 spiro atoms. The fourth-order valence-corrected chi connectivity index (χ4v) is 2.54. The molecule has 0 radical (unpaired) electrons. The number of alkyl carbamates (subject to hydrolysis) is 1. The summed E-state index contributed by atoms with van der Waals surface area (Å²) in [7, 11) is 0. The highest BCUT2D eigenvalue weighted by Crippen LogP contribution is 2.16. The van der Waals surface area contributed by atoms with Gasteiger partial charge in [-0.2, -0.15) is 0 Å². The quantitative estimate of drug-likeness (QED) is 0.704. The van der Waals surface area contributed by atoms with Crippen molar-refractivity contribution in [1.82, 2.24) is 15.5 Å². The van der Waals surface area contributed by atoms with Gasteiger partial charge in [0.2, 0.25) is 11.8 Å². The van der Waals surface area contributed by atoms with Crippen LogP contribution in [-0.2, 0) is 14.3 Å². The molecule has 1 aliphatic heterocycles. The molecule has 0 unspecified atom stereocenters. The molecule has 26 heavy (non-hydrogen) atoms. The zero-order chi connectivity index (χ0) is 19.7. The molecule has 0 aliphatic carbocycles. The summed E-state index contributed by atoms with van der Waals surface area (Å²) in [5, 5.41) is 5.40. The van der Waals surface area contributed by atoms with E-state index in [0.717, 1.165) is 12.8 Å². The van der Waals surface area contributed by atoms with E-state index in [-0.39, 0.29) is 18.4 Å². The molecular formula is C19H33N3O4. The minimum atomic E-state index is -0.585. The molecule has 148 valence electrons. The topological polar surface area (TPSA) is 87.7 Å². The fourth-order valence-electron chi connectivity index (χ4n) is 2.54. The predicted octanol–water partition coefficient (Wildman–Crippen LogP) is 2.08. The van der Waals surface area contributed by atoms with Gasteiger partial charge in [-0.1, -0.05) is 19.9 Å². The van der Waals surface area contributed by atoms with E-state index in [9.17, 15) is 14.4 Å². The number of carbonyl (C=O) groups is 3. The number of carbonyl (C=O) groups excluding carboxylic acids is 3. The van der Waals surface area contributed by atoms with E-state index in [0.29, 0.717) is 31.5 Å². The Balaban J connectivity index is 2.25. The van der Waals surface area contributed by atoms with E-state index in [1.807, 2.05) is 19.9 Å². The number of hydrogen-bond acceptors (Lipinski definition) is 4. The first kappa shape index (κ1) is 22.0. The normalized spacial score (nSPS) is 16.0. The van der Waals surface area contributed by atoms with Crippen LogP contribution < -0.4 is 10.6 Å². The van der Waals surface area contributed by atoms with Crippen LogP contribution in [0.4, 0.5) is 4.79 Å². The van der Waals surface area contributed by atoms with Gasteiger partial charge in [0.15, 0.2) is 0 Å². The molecule has 3 amide bonds. The van der Waals surface area contributed by atoms with Crippen LogP contribution in [0.3, 0.4) is 0 Å². The van der Waals surface area contributed by atoms with Crippen LogP contribution in [0, 0.1) is 11.8 Å². The average Bonchev–Trinajstić information content (AvgIpc) is 2.55. The predicted molar refractivity (Wildman–Crippen MR) is 101 cm³/mol. The summed E-state index contributed by atoms with van der Waals surface area (Å²) >= 11 is 0. The van der Waals surface area contributed by atoms with Gasteiger partial charge in [-0.3, -0.25) is 9.59 Å². The lowest BCUT2D eigenvalue weighted by Gasteiger charge is -2.32. The molecule has 7 heteroatoms. The van der Waals surface area contributed by atoms with E-state index in [1.54, 1.807) is 31.7 Å². The van der Waals surface area contributed by atoms with E-state index < -0.39 is 11.7 Å². The Bertz CT molecular complexity index is 515. The number of amides is 3. The van der Waals surface area contributed by atoms with Crippen molar-refractivity contribution in [3.05, 3.63) is 12.2 Å². The molecular weight excluding hydrogens is 334 g/mol. The van der Waals surface area contributed by atoms with E-state index in [1.165, 1.54) is 0 Å². The van der Waals surface area contributed by atoms with Gasteiger partial charge in [0.05, 0.1) is 0 Å². The van der Waals surface area contributed by atoms with Crippen molar-refractivity contribution in [2.45, 2.75) is 53.1 Å². The van der Waals surface area contributed by atoms with E-state index in [2.05, 4.69) is 10.6 Å². The largest absolute Gasteiger partial charge is 0.444 e. The second-order valence-corrected chi connectivity index (χ2v) is 8.03. The second kappa shape index (κ2) is 10.2. The number of piperidine rings is 1. The summed E-state index contributed by atoms with van der Waals surface area (Å²) in [5.41, 5.74) is -0.583. The van der Waals surface area contributed by atoms with Gasteiger partial charge in [0.25, 0.3) is 0 Å². The lowest BCUT2D eigenvalue weighted by Crippen LogP contribution is -2.46. The van der Waals surface area contributed by atoms with E-state index in [4.69, 9.17) is 4.74 Å². The molecule has 1 fully saturated rings. The second-order valence-electron chi connectivity index (χ2n) is 8.03. The van der Waals surface area contributed by atoms with Crippen molar-refractivity contribution in [2.75, 3.05) is 26.2 Å². The van der Waals surface area contributed by atoms with Gasteiger partial charge in [-0.25, -0.2) is 4.79 Å². The number of hydrogen-bond donors (Lipinski definition) is 2. The minimum absolute atomic E-state index is 0.0592.